The monoisotopic (exact) mass is 629 g/mol. The lowest BCUT2D eigenvalue weighted by atomic mass is 9.99. The third kappa shape index (κ3) is 7.11. The number of carbonyl (C=O) groups is 1. The molecule has 11 heteroatoms. The minimum absolute atomic E-state index is 0.156. The lowest BCUT2D eigenvalue weighted by Gasteiger charge is -2.34. The Kier molecular flexibility index (Phi) is 9.83. The Morgan fingerprint density at radius 1 is 1.14 bits per heavy atom. The van der Waals surface area contributed by atoms with Gasteiger partial charge in [-0.15, -0.1) is 11.3 Å². The van der Waals surface area contributed by atoms with Gasteiger partial charge in [0.15, 0.2) is 0 Å². The van der Waals surface area contributed by atoms with Crippen LogP contribution < -0.4 is 9.64 Å². The number of pyridine rings is 1. The summed E-state index contributed by atoms with van der Waals surface area (Å²) in [7, 11) is 0. The maximum absolute atomic E-state index is 11.7. The van der Waals surface area contributed by atoms with Gasteiger partial charge >= 0.3 is 5.97 Å². The molecule has 2 aromatic heterocycles. The van der Waals surface area contributed by atoms with Gasteiger partial charge in [-0.3, -0.25) is 4.79 Å². The van der Waals surface area contributed by atoms with Crippen molar-refractivity contribution in [1.82, 2.24) is 9.97 Å². The Balaban J connectivity index is 1.40. The Hall–Kier alpha value is -4.09. The van der Waals surface area contributed by atoms with Gasteiger partial charge in [0.2, 0.25) is 5.69 Å². The summed E-state index contributed by atoms with van der Waals surface area (Å²) in [5.41, 5.74) is 3.90. The summed E-state index contributed by atoms with van der Waals surface area (Å²) < 4.78 is 10.9. The molecule has 8 nitrogen and oxygen atoms in total. The summed E-state index contributed by atoms with van der Waals surface area (Å²) in [4.78, 5) is 27.2. The van der Waals surface area contributed by atoms with Crippen molar-refractivity contribution < 1.29 is 14.3 Å². The van der Waals surface area contributed by atoms with Gasteiger partial charge in [-0.2, -0.15) is 5.26 Å². The van der Waals surface area contributed by atoms with Crippen LogP contribution in [-0.2, 0) is 15.3 Å². The van der Waals surface area contributed by atoms with Crippen LogP contribution in [0, 0.1) is 23.8 Å². The quantitative estimate of drug-likeness (QED) is 0.0712. The first-order valence-electron chi connectivity index (χ1n) is 13.7. The van der Waals surface area contributed by atoms with E-state index in [4.69, 9.17) is 37.6 Å². The summed E-state index contributed by atoms with van der Waals surface area (Å²) >= 11 is 9.03. The predicted molar refractivity (Wildman–Crippen MR) is 171 cm³/mol. The van der Waals surface area contributed by atoms with Crippen molar-refractivity contribution in [1.29, 1.82) is 5.26 Å². The molecule has 0 N–H and O–H groups in total. The fraction of sp³-hybridized carbons (Fsp3) is 0.281. The molecule has 0 bridgehead atoms. The van der Waals surface area contributed by atoms with E-state index in [-0.39, 0.29) is 25.1 Å². The molecule has 218 valence electrons. The summed E-state index contributed by atoms with van der Waals surface area (Å²) in [5, 5.41) is 14.5. The second-order valence-corrected chi connectivity index (χ2v) is 12.3. The number of rotatable bonds is 11. The van der Waals surface area contributed by atoms with Crippen molar-refractivity contribution in [3.63, 3.8) is 0 Å². The van der Waals surface area contributed by atoms with E-state index in [0.717, 1.165) is 41.3 Å². The first-order chi connectivity index (χ1) is 20.9. The van der Waals surface area contributed by atoms with E-state index in [9.17, 15) is 10.1 Å². The maximum atomic E-state index is 11.7. The van der Waals surface area contributed by atoms with E-state index in [1.165, 1.54) is 11.8 Å². The molecule has 0 amide bonds. The largest absolute Gasteiger partial charge is 0.490 e. The zero-order chi connectivity index (χ0) is 30.3. The van der Waals surface area contributed by atoms with Gasteiger partial charge in [-0.1, -0.05) is 61.5 Å². The highest BCUT2D eigenvalue weighted by molar-refractivity contribution is 7.98. The van der Waals surface area contributed by atoms with Crippen molar-refractivity contribution in [3.8, 4) is 33.5 Å². The number of carbonyl (C=O) groups excluding carboxylic acids is 1. The van der Waals surface area contributed by atoms with Gasteiger partial charge in [0, 0.05) is 40.4 Å². The predicted octanol–water partition coefficient (Wildman–Crippen LogP) is 8.03. The summed E-state index contributed by atoms with van der Waals surface area (Å²) in [5.74, 6) is 1.26. The van der Waals surface area contributed by atoms with Crippen LogP contribution in [-0.4, -0.2) is 42.2 Å². The number of halogens is 1. The van der Waals surface area contributed by atoms with Crippen LogP contribution in [0.5, 0.6) is 5.75 Å². The fourth-order valence-corrected chi connectivity index (χ4v) is 6.25. The number of thioether (sulfide) groups is 1. The molecule has 1 fully saturated rings. The van der Waals surface area contributed by atoms with Crippen LogP contribution in [0.1, 0.15) is 31.5 Å². The van der Waals surface area contributed by atoms with Crippen molar-refractivity contribution in [3.05, 3.63) is 81.6 Å². The molecule has 1 aliphatic rings. The molecular weight excluding hydrogens is 602 g/mol. The second-order valence-electron chi connectivity index (χ2n) is 10.0. The molecule has 5 rings (SSSR count). The lowest BCUT2D eigenvalue weighted by molar-refractivity contribution is -0.148. The molecular formula is C32H28ClN5O3S2. The Morgan fingerprint density at radius 3 is 2.49 bits per heavy atom. The number of anilines is 1. The molecule has 1 aliphatic heterocycles. The number of hydrogen-bond donors (Lipinski definition) is 0. The number of hydrogen-bond acceptors (Lipinski definition) is 9. The third-order valence-electron chi connectivity index (χ3n) is 6.71. The van der Waals surface area contributed by atoms with Crippen LogP contribution in [0.4, 0.5) is 11.5 Å². The van der Waals surface area contributed by atoms with Gasteiger partial charge in [0.1, 0.15) is 40.9 Å². The van der Waals surface area contributed by atoms with E-state index >= 15 is 0 Å². The van der Waals surface area contributed by atoms with Gasteiger partial charge in [-0.05, 0) is 36.2 Å². The van der Waals surface area contributed by atoms with Gasteiger partial charge in [0.25, 0.3) is 0 Å². The lowest BCUT2D eigenvalue weighted by Crippen LogP contribution is -2.37. The first kappa shape index (κ1) is 30.4. The number of esters is 1. The SMILES string of the molecule is [C-]#[N+]c1c(N2CCC2)nc(SCc2csc(-c3ccc(Cl)cc3)n2)c(C#N)c1-c1ccc(OCCOC(=O)C(C)C)cc1. The summed E-state index contributed by atoms with van der Waals surface area (Å²) in [6.07, 6.45) is 1.03. The van der Waals surface area contributed by atoms with E-state index < -0.39 is 0 Å². The molecule has 4 aromatic rings. The number of nitriles is 1. The smallest absolute Gasteiger partial charge is 0.308 e. The summed E-state index contributed by atoms with van der Waals surface area (Å²) in [6, 6.07) is 17.2. The van der Waals surface area contributed by atoms with Crippen LogP contribution in [0.25, 0.3) is 26.5 Å². The highest BCUT2D eigenvalue weighted by Crippen LogP contribution is 2.45. The highest BCUT2D eigenvalue weighted by Gasteiger charge is 2.27. The number of aromatic nitrogens is 2. The van der Waals surface area contributed by atoms with Crippen LogP contribution in [0.15, 0.2) is 58.9 Å². The highest BCUT2D eigenvalue weighted by atomic mass is 35.5. The zero-order valence-corrected chi connectivity index (χ0v) is 26.1. The van der Waals surface area contributed by atoms with Gasteiger partial charge < -0.3 is 14.4 Å². The minimum Gasteiger partial charge on any atom is -0.490 e. The standard InChI is InChI=1S/C32H28ClN5O3S2/c1-20(2)32(39)41-16-15-40-25-11-7-21(8-12-25)27-26(17-34)31(37-29(28(27)35-3)38-13-4-14-38)43-19-24-18-42-30(36-24)22-5-9-23(33)10-6-22/h5-12,18,20H,4,13-16,19H2,1-2H3. The van der Waals surface area contributed by atoms with Crippen LogP contribution in [0.2, 0.25) is 5.02 Å². The molecule has 0 radical (unpaired) electrons. The van der Waals surface area contributed by atoms with E-state index in [1.807, 2.05) is 41.8 Å². The average Bonchev–Trinajstić information content (AvgIpc) is 3.46. The Labute approximate surface area is 264 Å². The van der Waals surface area contributed by atoms with Crippen molar-refractivity contribution >= 4 is 52.2 Å². The number of thiazole rings is 1. The maximum Gasteiger partial charge on any atom is 0.308 e. The van der Waals surface area contributed by atoms with E-state index in [0.29, 0.717) is 44.2 Å². The Morgan fingerprint density at radius 2 is 1.86 bits per heavy atom. The minimum atomic E-state index is -0.268. The van der Waals surface area contributed by atoms with Crippen LogP contribution >= 0.6 is 34.7 Å². The van der Waals surface area contributed by atoms with Gasteiger partial charge in [0.05, 0.1) is 23.7 Å². The molecule has 43 heavy (non-hydrogen) atoms. The second kappa shape index (κ2) is 13.9. The number of nitrogens with zero attached hydrogens (tertiary/aromatic N) is 5. The van der Waals surface area contributed by atoms with Crippen molar-refractivity contribution in [2.75, 3.05) is 31.2 Å². The summed E-state index contributed by atoms with van der Waals surface area (Å²) in [6.45, 7) is 13.6. The molecule has 3 heterocycles. The van der Waals surface area contributed by atoms with E-state index in [1.54, 1.807) is 37.3 Å². The number of ether oxygens (including phenoxy) is 2. The molecule has 0 aliphatic carbocycles. The van der Waals surface area contributed by atoms with E-state index in [2.05, 4.69) is 15.8 Å². The molecule has 0 saturated carbocycles. The number of benzene rings is 2. The van der Waals surface area contributed by atoms with Crippen molar-refractivity contribution in [2.24, 2.45) is 5.92 Å². The molecule has 0 unspecified atom stereocenters. The average molecular weight is 630 g/mol. The van der Waals surface area contributed by atoms with Crippen LogP contribution in [0.3, 0.4) is 0 Å². The third-order valence-corrected chi connectivity index (χ3v) is 8.91. The molecule has 1 saturated heterocycles. The van der Waals surface area contributed by atoms with Crippen molar-refractivity contribution in [2.45, 2.75) is 31.0 Å². The van der Waals surface area contributed by atoms with Gasteiger partial charge in [-0.25, -0.2) is 14.8 Å². The Bertz CT molecular complexity index is 1690. The fourth-order valence-electron chi connectivity index (χ4n) is 4.31. The topological polar surface area (TPSA) is 92.7 Å². The molecule has 0 atom stereocenters. The normalized spacial score (nSPS) is 12.4. The molecule has 0 spiro atoms. The first-order valence-corrected chi connectivity index (χ1v) is 16.0. The zero-order valence-electron chi connectivity index (χ0n) is 23.7. The molecule has 2 aromatic carbocycles.